The number of fused-ring (bicyclic) bond motifs is 3. The Morgan fingerprint density at radius 3 is 2.57 bits per heavy atom. The lowest BCUT2D eigenvalue weighted by Crippen LogP contribution is -2.27. The molecule has 178 valence electrons. The molecule has 0 saturated heterocycles. The van der Waals surface area contributed by atoms with Gasteiger partial charge < -0.3 is 20.9 Å². The van der Waals surface area contributed by atoms with Crippen LogP contribution in [0.5, 0.6) is 0 Å². The molecule has 5 rings (SSSR count). The first-order chi connectivity index (χ1) is 16.8. The molecule has 11 heteroatoms. The number of carbonyl (C=O) groups excluding carboxylic acids is 1. The quantitative estimate of drug-likeness (QED) is 0.403. The van der Waals surface area contributed by atoms with Crippen LogP contribution in [0.2, 0.25) is 0 Å². The number of anilines is 5. The van der Waals surface area contributed by atoms with Gasteiger partial charge in [-0.2, -0.15) is 5.10 Å². The second-order valence-corrected chi connectivity index (χ2v) is 8.40. The van der Waals surface area contributed by atoms with Gasteiger partial charge in [-0.3, -0.25) is 4.79 Å². The van der Waals surface area contributed by atoms with Crippen LogP contribution in [0, 0.1) is 20.8 Å². The molecule has 0 saturated carbocycles. The minimum atomic E-state index is -0.243. The topological polar surface area (TPSA) is 126 Å². The summed E-state index contributed by atoms with van der Waals surface area (Å²) in [6, 6.07) is 9.57. The van der Waals surface area contributed by atoms with Gasteiger partial charge in [0.25, 0.3) is 5.91 Å². The molecule has 4 heterocycles. The summed E-state index contributed by atoms with van der Waals surface area (Å²) < 4.78 is 1.87. The van der Waals surface area contributed by atoms with Crippen LogP contribution in [0.4, 0.5) is 28.7 Å². The molecule has 1 aromatic carbocycles. The summed E-state index contributed by atoms with van der Waals surface area (Å²) in [6.07, 6.45) is 1.54. The molecule has 0 fully saturated rings. The van der Waals surface area contributed by atoms with Gasteiger partial charge in [0.1, 0.15) is 23.3 Å². The number of aryl methyl sites for hydroxylation is 3. The lowest BCUT2D eigenvalue weighted by molar-refractivity contribution is 0.0963. The maximum atomic E-state index is 12.6. The Morgan fingerprint density at radius 1 is 0.971 bits per heavy atom. The van der Waals surface area contributed by atoms with Gasteiger partial charge in [0.05, 0.1) is 34.9 Å². The molecular formula is C24H26N10O. The Hall–Kier alpha value is -4.54. The summed E-state index contributed by atoms with van der Waals surface area (Å²) in [5, 5.41) is 13.9. The molecule has 4 aromatic rings. The third-order valence-electron chi connectivity index (χ3n) is 5.65. The molecule has 3 N–H and O–H groups in total. The van der Waals surface area contributed by atoms with Gasteiger partial charge >= 0.3 is 0 Å². The van der Waals surface area contributed by atoms with Crippen molar-refractivity contribution in [3.63, 3.8) is 0 Å². The predicted octanol–water partition coefficient (Wildman–Crippen LogP) is 3.17. The van der Waals surface area contributed by atoms with Crippen LogP contribution in [0.3, 0.4) is 0 Å². The summed E-state index contributed by atoms with van der Waals surface area (Å²) in [4.78, 5) is 32.5. The first kappa shape index (κ1) is 22.3. The van der Waals surface area contributed by atoms with Crippen molar-refractivity contribution in [3.05, 3.63) is 65.3 Å². The zero-order valence-corrected chi connectivity index (χ0v) is 20.2. The van der Waals surface area contributed by atoms with Crippen molar-refractivity contribution in [3.8, 4) is 5.69 Å². The highest BCUT2D eigenvalue weighted by Gasteiger charge is 2.25. The normalized spacial score (nSPS) is 12.1. The fourth-order valence-corrected chi connectivity index (χ4v) is 4.25. The van der Waals surface area contributed by atoms with Crippen molar-refractivity contribution in [1.82, 2.24) is 35.0 Å². The van der Waals surface area contributed by atoms with E-state index in [2.05, 4.69) is 45.9 Å². The number of rotatable bonds is 5. The van der Waals surface area contributed by atoms with E-state index < -0.39 is 0 Å². The van der Waals surface area contributed by atoms with E-state index in [0.29, 0.717) is 35.3 Å². The molecule has 0 aliphatic carbocycles. The lowest BCUT2D eigenvalue weighted by Gasteiger charge is -2.30. The van der Waals surface area contributed by atoms with Crippen molar-refractivity contribution >= 4 is 34.6 Å². The van der Waals surface area contributed by atoms with Gasteiger partial charge in [-0.1, -0.05) is 6.07 Å². The van der Waals surface area contributed by atoms with Crippen molar-refractivity contribution in [1.29, 1.82) is 0 Å². The summed E-state index contributed by atoms with van der Waals surface area (Å²) in [6.45, 7) is 6.25. The van der Waals surface area contributed by atoms with Crippen molar-refractivity contribution in [2.24, 2.45) is 0 Å². The van der Waals surface area contributed by atoms with E-state index in [9.17, 15) is 4.79 Å². The molecular weight excluding hydrogens is 444 g/mol. The molecule has 0 atom stereocenters. The average Bonchev–Trinajstić information content (AvgIpc) is 3.18. The Morgan fingerprint density at radius 2 is 1.80 bits per heavy atom. The van der Waals surface area contributed by atoms with E-state index in [4.69, 9.17) is 0 Å². The molecule has 11 nitrogen and oxygen atoms in total. The average molecular weight is 471 g/mol. The zero-order chi connectivity index (χ0) is 24.7. The molecule has 0 radical (unpaired) electrons. The number of nitrogens with zero attached hydrogens (tertiary/aromatic N) is 7. The van der Waals surface area contributed by atoms with Crippen molar-refractivity contribution < 1.29 is 4.79 Å². The van der Waals surface area contributed by atoms with E-state index >= 15 is 0 Å². The smallest absolute Gasteiger partial charge is 0.254 e. The molecule has 3 aromatic heterocycles. The molecule has 1 aliphatic rings. The van der Waals surface area contributed by atoms with E-state index in [1.54, 1.807) is 19.3 Å². The van der Waals surface area contributed by atoms with E-state index in [1.165, 1.54) is 0 Å². The fraction of sp³-hybridized carbons (Fsp3) is 0.250. The number of para-hydroxylation sites is 1. The standard InChI is InChI=1S/C24H26N10O/c1-13-9-21(28-14(2)27-13)31-20-10-18(16(11-26-20)24(35)25-4)30-17-7-6-8-19-23(17)33(5)12-22-29-15(3)32-34(19)22/h6-11H,12H2,1-5H3,(H,25,35)(H2,26,27,28,30,31). The molecule has 1 amide bonds. The van der Waals surface area contributed by atoms with Crippen LogP contribution in [0.25, 0.3) is 5.69 Å². The van der Waals surface area contributed by atoms with Gasteiger partial charge in [-0.05, 0) is 32.9 Å². The van der Waals surface area contributed by atoms with Gasteiger partial charge in [-0.15, -0.1) is 0 Å². The monoisotopic (exact) mass is 470 g/mol. The minimum Gasteiger partial charge on any atom is -0.364 e. The predicted molar refractivity (Wildman–Crippen MR) is 134 cm³/mol. The Labute approximate surface area is 202 Å². The van der Waals surface area contributed by atoms with Crippen LogP contribution in [0.1, 0.15) is 33.5 Å². The number of aromatic nitrogens is 6. The van der Waals surface area contributed by atoms with E-state index in [0.717, 1.165) is 34.4 Å². The first-order valence-corrected chi connectivity index (χ1v) is 11.2. The van der Waals surface area contributed by atoms with E-state index in [1.807, 2.05) is 56.8 Å². The largest absolute Gasteiger partial charge is 0.364 e. The van der Waals surface area contributed by atoms with E-state index in [-0.39, 0.29) is 5.91 Å². The van der Waals surface area contributed by atoms with Crippen LogP contribution >= 0.6 is 0 Å². The third kappa shape index (κ3) is 4.23. The Balaban J connectivity index is 1.56. The molecule has 0 bridgehead atoms. The zero-order valence-electron chi connectivity index (χ0n) is 20.2. The molecule has 0 spiro atoms. The van der Waals surface area contributed by atoms with Crippen LogP contribution < -0.4 is 20.9 Å². The lowest BCUT2D eigenvalue weighted by atomic mass is 10.1. The highest BCUT2D eigenvalue weighted by Crippen LogP contribution is 2.38. The molecule has 35 heavy (non-hydrogen) atoms. The second kappa shape index (κ2) is 8.67. The summed E-state index contributed by atoms with van der Waals surface area (Å²) in [7, 11) is 3.61. The number of benzene rings is 1. The highest BCUT2D eigenvalue weighted by atomic mass is 16.1. The summed E-state index contributed by atoms with van der Waals surface area (Å²) in [5.74, 6) is 3.20. The summed E-state index contributed by atoms with van der Waals surface area (Å²) >= 11 is 0. The van der Waals surface area contributed by atoms with Crippen molar-refractivity contribution in [2.75, 3.05) is 29.6 Å². The summed E-state index contributed by atoms with van der Waals surface area (Å²) in [5.41, 5.74) is 4.58. The van der Waals surface area contributed by atoms with Gasteiger partial charge in [0.2, 0.25) is 0 Å². The van der Waals surface area contributed by atoms with Crippen molar-refractivity contribution in [2.45, 2.75) is 27.3 Å². The fourth-order valence-electron chi connectivity index (χ4n) is 4.25. The number of pyridine rings is 1. The maximum absolute atomic E-state index is 12.6. The minimum absolute atomic E-state index is 0.243. The third-order valence-corrected chi connectivity index (χ3v) is 5.65. The number of hydrogen-bond donors (Lipinski definition) is 3. The van der Waals surface area contributed by atoms with Crippen LogP contribution in [-0.4, -0.2) is 49.7 Å². The number of hydrogen-bond acceptors (Lipinski definition) is 9. The Bertz CT molecular complexity index is 1420. The second-order valence-electron chi connectivity index (χ2n) is 8.40. The van der Waals surface area contributed by atoms with Gasteiger partial charge in [0, 0.05) is 38.1 Å². The number of carbonyl (C=O) groups is 1. The maximum Gasteiger partial charge on any atom is 0.254 e. The molecule has 0 unspecified atom stereocenters. The Kier molecular flexibility index (Phi) is 5.51. The van der Waals surface area contributed by atoms with Gasteiger partial charge in [-0.25, -0.2) is 24.6 Å². The van der Waals surface area contributed by atoms with Crippen LogP contribution in [0.15, 0.2) is 36.5 Å². The SMILES string of the molecule is CNC(=O)c1cnc(Nc2cc(C)nc(C)n2)cc1Nc1cccc2c1N(C)Cc1nc(C)nn1-2. The van der Waals surface area contributed by atoms with Crippen LogP contribution in [-0.2, 0) is 6.54 Å². The number of amides is 1. The number of nitrogens with one attached hydrogen (secondary N) is 3. The first-order valence-electron chi connectivity index (χ1n) is 11.2. The van der Waals surface area contributed by atoms with Gasteiger partial charge in [0.15, 0.2) is 5.82 Å². The molecule has 1 aliphatic heterocycles. The highest BCUT2D eigenvalue weighted by molar-refractivity contribution is 6.01.